The first-order valence-electron chi connectivity index (χ1n) is 8.67. The molecule has 3 atom stereocenters. The van der Waals surface area contributed by atoms with Crippen LogP contribution in [0.25, 0.3) is 0 Å². The molecule has 110 valence electrons. The first-order chi connectivity index (χ1) is 9.85. The second-order valence-corrected chi connectivity index (χ2v) is 6.72. The average Bonchev–Trinajstić information content (AvgIpc) is 3.20. The molecule has 2 fully saturated rings. The van der Waals surface area contributed by atoms with Gasteiger partial charge in [-0.15, -0.1) is 0 Å². The molecule has 20 heavy (non-hydrogen) atoms. The number of fused-ring (bicyclic) bond motifs is 1. The zero-order valence-electron chi connectivity index (χ0n) is 13.1. The van der Waals surface area contributed by atoms with Crippen LogP contribution >= 0.6 is 0 Å². The van der Waals surface area contributed by atoms with E-state index >= 15 is 0 Å². The lowest BCUT2D eigenvalue weighted by molar-refractivity contribution is 0.456. The van der Waals surface area contributed by atoms with E-state index in [1.807, 2.05) is 0 Å². The van der Waals surface area contributed by atoms with Crippen LogP contribution in [0.15, 0.2) is 24.3 Å². The van der Waals surface area contributed by atoms with Crippen LogP contribution < -0.4 is 5.32 Å². The number of benzene rings is 1. The highest BCUT2D eigenvalue weighted by atomic mass is 14.9. The lowest BCUT2D eigenvalue weighted by Gasteiger charge is -2.19. The fraction of sp³-hybridized carbons (Fsp3) is 0.684. The van der Waals surface area contributed by atoms with E-state index in [2.05, 4.69) is 43.4 Å². The summed E-state index contributed by atoms with van der Waals surface area (Å²) in [6.07, 6.45) is 8.33. The molecule has 1 aromatic rings. The maximum Gasteiger partial charge on any atom is 0.0354 e. The molecule has 1 aromatic carbocycles. The highest BCUT2D eigenvalue weighted by molar-refractivity contribution is 5.28. The standard InChI is InChI=1S/C19H29N/c1-3-7-14-10-12-15(13-11-14)19(20-4-2)18-16-8-5-6-9-17(16)18/h10-13,16-20H,3-9H2,1-2H3. The average molecular weight is 271 g/mol. The number of hydrogen-bond donors (Lipinski definition) is 1. The second kappa shape index (κ2) is 6.30. The molecule has 2 aliphatic rings. The van der Waals surface area contributed by atoms with Gasteiger partial charge in [-0.25, -0.2) is 0 Å². The first-order valence-corrected chi connectivity index (χ1v) is 8.67. The lowest BCUT2D eigenvalue weighted by atomic mass is 9.97. The molecule has 0 amide bonds. The Bertz CT molecular complexity index is 410. The normalized spacial score (nSPS) is 29.8. The third kappa shape index (κ3) is 2.79. The molecule has 0 aromatic heterocycles. The Labute approximate surface area is 124 Å². The van der Waals surface area contributed by atoms with Crippen LogP contribution in [0.2, 0.25) is 0 Å². The monoisotopic (exact) mass is 271 g/mol. The summed E-state index contributed by atoms with van der Waals surface area (Å²) in [7, 11) is 0. The minimum absolute atomic E-state index is 0.601. The molecule has 0 saturated heterocycles. The van der Waals surface area contributed by atoms with Gasteiger partial charge in [-0.3, -0.25) is 0 Å². The predicted molar refractivity (Wildman–Crippen MR) is 85.8 cm³/mol. The van der Waals surface area contributed by atoms with Crippen molar-refractivity contribution < 1.29 is 0 Å². The summed E-state index contributed by atoms with van der Waals surface area (Å²) in [5.74, 6) is 2.95. The Balaban J connectivity index is 1.73. The van der Waals surface area contributed by atoms with E-state index in [1.54, 1.807) is 0 Å². The molecule has 2 aliphatic carbocycles. The fourth-order valence-corrected chi connectivity index (χ4v) is 4.42. The zero-order chi connectivity index (χ0) is 13.9. The van der Waals surface area contributed by atoms with Crippen LogP contribution in [0.3, 0.4) is 0 Å². The summed E-state index contributed by atoms with van der Waals surface area (Å²) < 4.78 is 0. The van der Waals surface area contributed by atoms with Crippen LogP contribution in [0.4, 0.5) is 0 Å². The van der Waals surface area contributed by atoms with E-state index in [0.29, 0.717) is 6.04 Å². The molecule has 3 rings (SSSR count). The minimum atomic E-state index is 0.601. The summed E-state index contributed by atoms with van der Waals surface area (Å²) in [6.45, 7) is 5.58. The number of rotatable bonds is 6. The van der Waals surface area contributed by atoms with Crippen LogP contribution in [-0.4, -0.2) is 6.54 Å². The highest BCUT2D eigenvalue weighted by Crippen LogP contribution is 2.60. The van der Waals surface area contributed by atoms with Gasteiger partial charge in [-0.2, -0.15) is 0 Å². The Morgan fingerprint density at radius 2 is 1.70 bits per heavy atom. The molecule has 0 spiro atoms. The Morgan fingerprint density at radius 3 is 2.25 bits per heavy atom. The Morgan fingerprint density at radius 1 is 1.05 bits per heavy atom. The summed E-state index contributed by atoms with van der Waals surface area (Å²) in [5, 5.41) is 3.77. The maximum atomic E-state index is 3.77. The molecule has 1 N–H and O–H groups in total. The van der Waals surface area contributed by atoms with Gasteiger partial charge in [0.1, 0.15) is 0 Å². The van der Waals surface area contributed by atoms with E-state index in [1.165, 1.54) is 49.7 Å². The Hall–Kier alpha value is -0.820. The quantitative estimate of drug-likeness (QED) is 0.789. The molecular weight excluding hydrogens is 242 g/mol. The Kier molecular flexibility index (Phi) is 4.45. The SMILES string of the molecule is CCCc1ccc(C(NCC)C2C3CCCCC32)cc1. The van der Waals surface area contributed by atoms with Crippen LogP contribution in [0, 0.1) is 17.8 Å². The minimum Gasteiger partial charge on any atom is -0.310 e. The molecule has 1 nitrogen and oxygen atoms in total. The smallest absolute Gasteiger partial charge is 0.0354 e. The molecule has 0 bridgehead atoms. The summed E-state index contributed by atoms with van der Waals surface area (Å²) >= 11 is 0. The number of aryl methyl sites for hydroxylation is 1. The molecule has 3 unspecified atom stereocenters. The molecule has 1 heteroatoms. The summed E-state index contributed by atoms with van der Waals surface area (Å²) in [6, 6.07) is 10.0. The van der Waals surface area contributed by atoms with Crippen molar-refractivity contribution in [2.75, 3.05) is 6.54 Å². The van der Waals surface area contributed by atoms with Crippen molar-refractivity contribution in [3.8, 4) is 0 Å². The van der Waals surface area contributed by atoms with Crippen molar-refractivity contribution in [1.29, 1.82) is 0 Å². The van der Waals surface area contributed by atoms with Crippen LogP contribution in [-0.2, 0) is 6.42 Å². The fourth-order valence-electron chi connectivity index (χ4n) is 4.42. The van der Waals surface area contributed by atoms with Crippen molar-refractivity contribution in [3.63, 3.8) is 0 Å². The van der Waals surface area contributed by atoms with Gasteiger partial charge in [0.05, 0.1) is 0 Å². The van der Waals surface area contributed by atoms with E-state index in [-0.39, 0.29) is 0 Å². The molecular formula is C19H29N. The molecule has 0 heterocycles. The van der Waals surface area contributed by atoms with Gasteiger partial charge in [-0.05, 0) is 54.7 Å². The van der Waals surface area contributed by atoms with Gasteiger partial charge in [0.25, 0.3) is 0 Å². The van der Waals surface area contributed by atoms with Gasteiger partial charge in [-0.1, -0.05) is 57.4 Å². The van der Waals surface area contributed by atoms with Gasteiger partial charge in [0.2, 0.25) is 0 Å². The molecule has 0 radical (unpaired) electrons. The van der Waals surface area contributed by atoms with Gasteiger partial charge in [0, 0.05) is 6.04 Å². The van der Waals surface area contributed by atoms with Crippen molar-refractivity contribution in [1.82, 2.24) is 5.32 Å². The van der Waals surface area contributed by atoms with Crippen molar-refractivity contribution in [2.24, 2.45) is 17.8 Å². The van der Waals surface area contributed by atoms with Crippen molar-refractivity contribution >= 4 is 0 Å². The third-order valence-electron chi connectivity index (χ3n) is 5.41. The van der Waals surface area contributed by atoms with Gasteiger partial charge >= 0.3 is 0 Å². The van der Waals surface area contributed by atoms with Crippen molar-refractivity contribution in [3.05, 3.63) is 35.4 Å². The van der Waals surface area contributed by atoms with E-state index in [9.17, 15) is 0 Å². The maximum absolute atomic E-state index is 3.77. The summed E-state index contributed by atoms with van der Waals surface area (Å²) in [5.41, 5.74) is 3.01. The van der Waals surface area contributed by atoms with Crippen LogP contribution in [0.5, 0.6) is 0 Å². The third-order valence-corrected chi connectivity index (χ3v) is 5.41. The van der Waals surface area contributed by atoms with E-state index in [0.717, 1.165) is 24.3 Å². The highest BCUT2D eigenvalue weighted by Gasteiger charge is 2.54. The largest absolute Gasteiger partial charge is 0.310 e. The van der Waals surface area contributed by atoms with Crippen molar-refractivity contribution in [2.45, 2.75) is 58.4 Å². The topological polar surface area (TPSA) is 12.0 Å². The zero-order valence-corrected chi connectivity index (χ0v) is 13.1. The number of nitrogens with one attached hydrogen (secondary N) is 1. The molecule has 0 aliphatic heterocycles. The van der Waals surface area contributed by atoms with Gasteiger partial charge < -0.3 is 5.32 Å². The summed E-state index contributed by atoms with van der Waals surface area (Å²) in [4.78, 5) is 0. The predicted octanol–water partition coefficient (Wildman–Crippen LogP) is 4.73. The van der Waals surface area contributed by atoms with E-state index < -0.39 is 0 Å². The molecule has 2 saturated carbocycles. The van der Waals surface area contributed by atoms with Gasteiger partial charge in [0.15, 0.2) is 0 Å². The van der Waals surface area contributed by atoms with E-state index in [4.69, 9.17) is 0 Å². The lowest BCUT2D eigenvalue weighted by Crippen LogP contribution is -2.23. The first kappa shape index (κ1) is 14.1. The second-order valence-electron chi connectivity index (χ2n) is 6.72. The number of hydrogen-bond acceptors (Lipinski definition) is 1. The van der Waals surface area contributed by atoms with Crippen LogP contribution in [0.1, 0.15) is 63.1 Å².